The van der Waals surface area contributed by atoms with Gasteiger partial charge >= 0.3 is 0 Å². The lowest BCUT2D eigenvalue weighted by Crippen LogP contribution is -1.96. The molecule has 0 aliphatic heterocycles. The SMILES string of the molecule is Fc1nc(F)c(Cl)c(Oc2ccc(Cl)cc2)c1Cl. The molecular formula is C11H4Cl3F2NO. The van der Waals surface area contributed by atoms with Crippen molar-refractivity contribution in [3.05, 3.63) is 51.2 Å². The van der Waals surface area contributed by atoms with Gasteiger partial charge in [-0.25, -0.2) is 0 Å². The molecule has 0 atom stereocenters. The van der Waals surface area contributed by atoms with E-state index in [-0.39, 0.29) is 11.5 Å². The summed E-state index contributed by atoms with van der Waals surface area (Å²) in [6, 6.07) is 6.11. The second kappa shape index (κ2) is 5.26. The summed E-state index contributed by atoms with van der Waals surface area (Å²) in [7, 11) is 0. The molecule has 1 heterocycles. The minimum atomic E-state index is -1.19. The van der Waals surface area contributed by atoms with E-state index in [0.29, 0.717) is 5.02 Å². The lowest BCUT2D eigenvalue weighted by molar-refractivity contribution is 0.452. The maximum atomic E-state index is 13.1. The second-order valence-corrected chi connectivity index (χ2v) is 4.40. The van der Waals surface area contributed by atoms with Crippen LogP contribution in [0.3, 0.4) is 0 Å². The van der Waals surface area contributed by atoms with Crippen LogP contribution < -0.4 is 4.74 Å². The van der Waals surface area contributed by atoms with Gasteiger partial charge in [0, 0.05) is 5.02 Å². The van der Waals surface area contributed by atoms with E-state index in [1.165, 1.54) is 12.1 Å². The Morgan fingerprint density at radius 2 is 1.39 bits per heavy atom. The number of nitrogens with zero attached hydrogens (tertiary/aromatic N) is 1. The first-order valence-electron chi connectivity index (χ1n) is 4.62. The zero-order valence-corrected chi connectivity index (χ0v) is 10.8. The van der Waals surface area contributed by atoms with Crippen LogP contribution in [0.4, 0.5) is 8.78 Å². The van der Waals surface area contributed by atoms with Crippen molar-refractivity contribution >= 4 is 34.8 Å². The number of hydrogen-bond acceptors (Lipinski definition) is 2. The van der Waals surface area contributed by atoms with E-state index in [9.17, 15) is 8.78 Å². The molecule has 0 fully saturated rings. The largest absolute Gasteiger partial charge is 0.454 e. The molecule has 0 N–H and O–H groups in total. The molecule has 1 aromatic heterocycles. The molecule has 0 spiro atoms. The quantitative estimate of drug-likeness (QED) is 0.719. The summed E-state index contributed by atoms with van der Waals surface area (Å²) in [6.45, 7) is 0. The first-order chi connectivity index (χ1) is 8.49. The molecule has 0 bridgehead atoms. The van der Waals surface area contributed by atoms with Crippen LogP contribution in [0.15, 0.2) is 24.3 Å². The molecular weight excluding hydrogens is 306 g/mol. The summed E-state index contributed by atoms with van der Waals surface area (Å²) in [5, 5.41) is -0.487. The number of halogens is 5. The Morgan fingerprint density at radius 3 is 1.89 bits per heavy atom. The van der Waals surface area contributed by atoms with Gasteiger partial charge in [0.05, 0.1) is 0 Å². The number of hydrogen-bond donors (Lipinski definition) is 0. The Kier molecular flexibility index (Phi) is 3.90. The van der Waals surface area contributed by atoms with E-state index in [4.69, 9.17) is 39.5 Å². The molecule has 2 nitrogen and oxygen atoms in total. The Bertz CT molecular complexity index is 564. The standard InChI is InChI=1S/C11H4Cl3F2NO/c12-5-1-3-6(4-2-5)18-9-7(13)10(15)17-11(16)8(9)14/h1-4H. The van der Waals surface area contributed by atoms with Crippen LogP contribution in [0.1, 0.15) is 0 Å². The highest BCUT2D eigenvalue weighted by Gasteiger charge is 2.19. The predicted molar refractivity (Wildman–Crippen MR) is 65.7 cm³/mol. The summed E-state index contributed by atoms with van der Waals surface area (Å²) in [5.74, 6) is -2.43. The van der Waals surface area contributed by atoms with Gasteiger partial charge in [0.15, 0.2) is 5.75 Å². The molecule has 7 heteroatoms. The minimum absolute atomic E-state index is 0.285. The third-order valence-electron chi connectivity index (χ3n) is 1.99. The van der Waals surface area contributed by atoms with Gasteiger partial charge in [0.25, 0.3) is 0 Å². The highest BCUT2D eigenvalue weighted by atomic mass is 35.5. The van der Waals surface area contributed by atoms with Gasteiger partial charge in [-0.2, -0.15) is 13.8 Å². The molecule has 0 saturated heterocycles. The van der Waals surface area contributed by atoms with Crippen molar-refractivity contribution in [2.45, 2.75) is 0 Å². The summed E-state index contributed by atoms with van der Waals surface area (Å²) in [4.78, 5) is 2.89. The zero-order chi connectivity index (χ0) is 13.3. The van der Waals surface area contributed by atoms with E-state index in [2.05, 4.69) is 4.98 Å². The first kappa shape index (κ1) is 13.3. The van der Waals surface area contributed by atoms with Crippen LogP contribution in [0.2, 0.25) is 15.1 Å². The topological polar surface area (TPSA) is 22.1 Å². The number of rotatable bonds is 2. The number of benzene rings is 1. The summed E-state index contributed by atoms with van der Waals surface area (Å²) in [6.07, 6.45) is 0. The van der Waals surface area contributed by atoms with Crippen LogP contribution >= 0.6 is 34.8 Å². The van der Waals surface area contributed by atoms with Crippen LogP contribution in [-0.2, 0) is 0 Å². The average Bonchev–Trinajstić information content (AvgIpc) is 2.34. The van der Waals surface area contributed by atoms with Gasteiger partial charge in [-0.15, -0.1) is 0 Å². The van der Waals surface area contributed by atoms with Crippen LogP contribution in [-0.4, -0.2) is 4.98 Å². The maximum Gasteiger partial charge on any atom is 0.238 e. The fraction of sp³-hybridized carbons (Fsp3) is 0. The molecule has 0 amide bonds. The molecule has 0 radical (unpaired) electrons. The average molecular weight is 311 g/mol. The normalized spacial score (nSPS) is 10.5. The van der Waals surface area contributed by atoms with Crippen molar-refractivity contribution in [1.82, 2.24) is 4.98 Å². The summed E-state index contributed by atoms with van der Waals surface area (Å²) in [5.41, 5.74) is 0. The third kappa shape index (κ3) is 2.66. The number of pyridine rings is 1. The molecule has 0 aliphatic carbocycles. The van der Waals surface area contributed by atoms with Gasteiger partial charge < -0.3 is 4.74 Å². The molecule has 1 aromatic carbocycles. The van der Waals surface area contributed by atoms with Crippen molar-refractivity contribution in [2.75, 3.05) is 0 Å². The van der Waals surface area contributed by atoms with E-state index >= 15 is 0 Å². The molecule has 0 saturated carbocycles. The Balaban J connectivity index is 2.42. The zero-order valence-electron chi connectivity index (χ0n) is 8.55. The molecule has 18 heavy (non-hydrogen) atoms. The highest BCUT2D eigenvalue weighted by Crippen LogP contribution is 2.38. The first-order valence-corrected chi connectivity index (χ1v) is 5.76. The predicted octanol–water partition coefficient (Wildman–Crippen LogP) is 5.11. The van der Waals surface area contributed by atoms with Gasteiger partial charge in [-0.05, 0) is 24.3 Å². The lowest BCUT2D eigenvalue weighted by atomic mass is 10.3. The van der Waals surface area contributed by atoms with Crippen molar-refractivity contribution in [2.24, 2.45) is 0 Å². The van der Waals surface area contributed by atoms with E-state index in [1.807, 2.05) is 0 Å². The second-order valence-electron chi connectivity index (χ2n) is 3.21. The van der Waals surface area contributed by atoms with Crippen molar-refractivity contribution in [3.8, 4) is 11.5 Å². The molecule has 2 rings (SSSR count). The van der Waals surface area contributed by atoms with Gasteiger partial charge in [-0.1, -0.05) is 34.8 Å². The summed E-state index contributed by atoms with van der Waals surface area (Å²) < 4.78 is 31.5. The number of aromatic nitrogens is 1. The van der Waals surface area contributed by atoms with Crippen LogP contribution in [0.5, 0.6) is 11.5 Å². The smallest absolute Gasteiger partial charge is 0.238 e. The van der Waals surface area contributed by atoms with Crippen LogP contribution in [0, 0.1) is 11.9 Å². The minimum Gasteiger partial charge on any atom is -0.454 e. The fourth-order valence-electron chi connectivity index (χ4n) is 1.18. The Hall–Kier alpha value is -1.10. The highest BCUT2D eigenvalue weighted by molar-refractivity contribution is 6.37. The molecule has 0 aliphatic rings. The van der Waals surface area contributed by atoms with Crippen molar-refractivity contribution in [1.29, 1.82) is 0 Å². The van der Waals surface area contributed by atoms with E-state index in [1.54, 1.807) is 12.1 Å². The third-order valence-corrected chi connectivity index (χ3v) is 2.90. The molecule has 94 valence electrons. The fourth-order valence-corrected chi connectivity index (χ4v) is 1.70. The maximum absolute atomic E-state index is 13.1. The molecule has 2 aromatic rings. The van der Waals surface area contributed by atoms with Crippen molar-refractivity contribution in [3.63, 3.8) is 0 Å². The van der Waals surface area contributed by atoms with E-state index in [0.717, 1.165) is 0 Å². The lowest BCUT2D eigenvalue weighted by Gasteiger charge is -2.10. The Morgan fingerprint density at radius 1 is 0.889 bits per heavy atom. The van der Waals surface area contributed by atoms with Crippen molar-refractivity contribution < 1.29 is 13.5 Å². The molecule has 0 unspecified atom stereocenters. The Labute approximate surface area is 116 Å². The summed E-state index contributed by atoms with van der Waals surface area (Å²) >= 11 is 16.9. The van der Waals surface area contributed by atoms with Gasteiger partial charge in [0.1, 0.15) is 15.8 Å². The van der Waals surface area contributed by atoms with E-state index < -0.39 is 21.9 Å². The van der Waals surface area contributed by atoms with Gasteiger partial charge in [0.2, 0.25) is 11.9 Å². The van der Waals surface area contributed by atoms with Gasteiger partial charge in [-0.3, -0.25) is 0 Å². The monoisotopic (exact) mass is 309 g/mol. The van der Waals surface area contributed by atoms with Crippen LogP contribution in [0.25, 0.3) is 0 Å². The number of ether oxygens (including phenoxy) is 1.